The Morgan fingerprint density at radius 3 is 2.45 bits per heavy atom. The highest BCUT2D eigenvalue weighted by atomic mass is 16.5. The standard InChI is InChI=1S/C26H24N2O5/c29-23(17-32-21-9-5-2-6-10-21)20-11-12-24-22(15-20)28(26(31)18-33-24)16-25(30)27-14-13-19-7-3-1-4-8-19/h1-12,15H,13-14,16-18H2,(H,27,30). The lowest BCUT2D eigenvalue weighted by Crippen LogP contribution is -2.45. The van der Waals surface area contributed by atoms with E-state index in [1.165, 1.54) is 4.90 Å². The molecular formula is C26H24N2O5. The molecule has 4 rings (SSSR count). The van der Waals surface area contributed by atoms with Crippen LogP contribution in [-0.4, -0.2) is 43.9 Å². The van der Waals surface area contributed by atoms with E-state index in [4.69, 9.17) is 9.47 Å². The predicted octanol–water partition coefficient (Wildman–Crippen LogP) is 3.03. The van der Waals surface area contributed by atoms with Gasteiger partial charge >= 0.3 is 0 Å². The summed E-state index contributed by atoms with van der Waals surface area (Å²) in [6.07, 6.45) is 0.695. The van der Waals surface area contributed by atoms with E-state index in [1.54, 1.807) is 30.3 Å². The van der Waals surface area contributed by atoms with E-state index in [9.17, 15) is 14.4 Å². The fourth-order valence-corrected chi connectivity index (χ4v) is 3.49. The smallest absolute Gasteiger partial charge is 0.265 e. The number of Topliss-reactive ketones (excluding diaryl/α,β-unsaturated/α-hetero) is 1. The minimum absolute atomic E-state index is 0.141. The summed E-state index contributed by atoms with van der Waals surface area (Å²) in [4.78, 5) is 39.0. The molecule has 1 aliphatic rings. The Hall–Kier alpha value is -4.13. The first kappa shape index (κ1) is 22.1. The van der Waals surface area contributed by atoms with Crippen molar-refractivity contribution in [1.82, 2.24) is 5.32 Å². The largest absolute Gasteiger partial charge is 0.485 e. The van der Waals surface area contributed by atoms with Crippen molar-refractivity contribution >= 4 is 23.3 Å². The summed E-state index contributed by atoms with van der Waals surface area (Å²) in [5.74, 6) is 0.178. The molecule has 0 saturated heterocycles. The van der Waals surface area contributed by atoms with E-state index in [0.717, 1.165) is 5.56 Å². The van der Waals surface area contributed by atoms with E-state index < -0.39 is 0 Å². The third-order valence-electron chi connectivity index (χ3n) is 5.22. The molecule has 2 amide bonds. The average molecular weight is 444 g/mol. The molecule has 0 radical (unpaired) electrons. The molecule has 1 heterocycles. The highest BCUT2D eigenvalue weighted by Gasteiger charge is 2.28. The molecule has 0 fully saturated rings. The number of nitrogens with one attached hydrogen (secondary N) is 1. The predicted molar refractivity (Wildman–Crippen MR) is 124 cm³/mol. The normalized spacial score (nSPS) is 12.5. The number of hydrogen-bond donors (Lipinski definition) is 1. The van der Waals surface area contributed by atoms with E-state index in [-0.39, 0.29) is 37.4 Å². The first-order chi connectivity index (χ1) is 16.1. The van der Waals surface area contributed by atoms with Crippen LogP contribution in [0, 0.1) is 0 Å². The number of benzene rings is 3. The zero-order valence-corrected chi connectivity index (χ0v) is 18.0. The number of anilines is 1. The van der Waals surface area contributed by atoms with Crippen molar-refractivity contribution < 1.29 is 23.9 Å². The maximum absolute atomic E-state index is 12.6. The number of fused-ring (bicyclic) bond motifs is 1. The highest BCUT2D eigenvalue weighted by Crippen LogP contribution is 2.33. The molecule has 0 aromatic heterocycles. The number of rotatable bonds is 9. The van der Waals surface area contributed by atoms with Gasteiger partial charge in [0, 0.05) is 12.1 Å². The van der Waals surface area contributed by atoms with Crippen LogP contribution in [0.4, 0.5) is 5.69 Å². The molecule has 33 heavy (non-hydrogen) atoms. The van der Waals surface area contributed by atoms with Crippen LogP contribution < -0.4 is 19.7 Å². The SMILES string of the molecule is O=C(CN1C(=O)COc2ccc(C(=O)COc3ccccc3)cc21)NCCc1ccccc1. The molecule has 3 aromatic carbocycles. The fraction of sp³-hybridized carbons (Fsp3) is 0.192. The van der Waals surface area contributed by atoms with Crippen LogP contribution in [0.25, 0.3) is 0 Å². The van der Waals surface area contributed by atoms with Gasteiger partial charge < -0.3 is 14.8 Å². The molecule has 1 N–H and O–H groups in total. The summed E-state index contributed by atoms with van der Waals surface area (Å²) < 4.78 is 11.0. The number of ether oxygens (including phenoxy) is 2. The summed E-state index contributed by atoms with van der Waals surface area (Å²) in [7, 11) is 0. The van der Waals surface area contributed by atoms with Gasteiger partial charge in [-0.15, -0.1) is 0 Å². The second kappa shape index (κ2) is 10.5. The van der Waals surface area contributed by atoms with Gasteiger partial charge in [0.15, 0.2) is 19.0 Å². The second-order valence-electron chi connectivity index (χ2n) is 7.56. The Balaban J connectivity index is 1.40. The van der Waals surface area contributed by atoms with Crippen molar-refractivity contribution in [3.05, 3.63) is 90.0 Å². The molecule has 168 valence electrons. The van der Waals surface area contributed by atoms with Crippen molar-refractivity contribution in [1.29, 1.82) is 0 Å². The number of carbonyl (C=O) groups excluding carboxylic acids is 3. The number of carbonyl (C=O) groups is 3. The number of amides is 2. The Morgan fingerprint density at radius 2 is 1.70 bits per heavy atom. The molecular weight excluding hydrogens is 420 g/mol. The molecule has 3 aromatic rings. The molecule has 0 spiro atoms. The van der Waals surface area contributed by atoms with Crippen LogP contribution >= 0.6 is 0 Å². The molecule has 7 heteroatoms. The number of ketones is 1. The lowest BCUT2D eigenvalue weighted by Gasteiger charge is -2.29. The van der Waals surface area contributed by atoms with Gasteiger partial charge in [0.1, 0.15) is 18.0 Å². The lowest BCUT2D eigenvalue weighted by atomic mass is 10.1. The zero-order valence-electron chi connectivity index (χ0n) is 18.0. The second-order valence-corrected chi connectivity index (χ2v) is 7.56. The first-order valence-corrected chi connectivity index (χ1v) is 10.7. The van der Waals surface area contributed by atoms with Gasteiger partial charge in [0.05, 0.1) is 5.69 Å². The molecule has 0 bridgehead atoms. The Kier molecular flexibility index (Phi) is 6.99. The van der Waals surface area contributed by atoms with Crippen molar-refractivity contribution in [3.63, 3.8) is 0 Å². The molecule has 1 aliphatic heterocycles. The Morgan fingerprint density at radius 1 is 0.970 bits per heavy atom. The molecule has 0 unspecified atom stereocenters. The molecule has 7 nitrogen and oxygen atoms in total. The van der Waals surface area contributed by atoms with Crippen molar-refractivity contribution in [2.75, 3.05) is 31.2 Å². The van der Waals surface area contributed by atoms with Crippen LogP contribution in [0.5, 0.6) is 11.5 Å². The van der Waals surface area contributed by atoms with E-state index in [2.05, 4.69) is 5.32 Å². The van der Waals surface area contributed by atoms with Crippen molar-refractivity contribution in [3.8, 4) is 11.5 Å². The number of hydrogen-bond acceptors (Lipinski definition) is 5. The Bertz CT molecular complexity index is 1130. The van der Waals surface area contributed by atoms with Crippen molar-refractivity contribution in [2.24, 2.45) is 0 Å². The van der Waals surface area contributed by atoms with Gasteiger partial charge in [-0.3, -0.25) is 19.3 Å². The topological polar surface area (TPSA) is 84.9 Å². The summed E-state index contributed by atoms with van der Waals surface area (Å²) in [5.41, 5.74) is 1.89. The quantitative estimate of drug-likeness (QED) is 0.513. The summed E-state index contributed by atoms with van der Waals surface area (Å²) in [5, 5.41) is 2.85. The highest BCUT2D eigenvalue weighted by molar-refractivity contribution is 6.04. The minimum atomic E-state index is -0.342. The van der Waals surface area contributed by atoms with E-state index in [1.807, 2.05) is 48.5 Å². The van der Waals surface area contributed by atoms with Gasteiger partial charge in [-0.2, -0.15) is 0 Å². The lowest BCUT2D eigenvalue weighted by molar-refractivity contribution is -0.125. The number of para-hydroxylation sites is 1. The third kappa shape index (κ3) is 5.77. The molecule has 0 saturated carbocycles. The van der Waals surface area contributed by atoms with Crippen LogP contribution in [-0.2, 0) is 16.0 Å². The molecule has 0 aliphatic carbocycles. The maximum atomic E-state index is 12.6. The van der Waals surface area contributed by atoms with Gasteiger partial charge in [0.25, 0.3) is 5.91 Å². The average Bonchev–Trinajstić information content (AvgIpc) is 2.85. The van der Waals surface area contributed by atoms with E-state index >= 15 is 0 Å². The number of nitrogens with zero attached hydrogens (tertiary/aromatic N) is 1. The summed E-state index contributed by atoms with van der Waals surface area (Å²) >= 11 is 0. The fourth-order valence-electron chi connectivity index (χ4n) is 3.49. The third-order valence-corrected chi connectivity index (χ3v) is 5.22. The van der Waals surface area contributed by atoms with Crippen molar-refractivity contribution in [2.45, 2.75) is 6.42 Å². The van der Waals surface area contributed by atoms with Gasteiger partial charge in [-0.1, -0.05) is 48.5 Å². The maximum Gasteiger partial charge on any atom is 0.265 e. The summed E-state index contributed by atoms with van der Waals surface area (Å²) in [6, 6.07) is 23.7. The van der Waals surface area contributed by atoms with Crippen LogP contribution in [0.15, 0.2) is 78.9 Å². The van der Waals surface area contributed by atoms with Gasteiger partial charge in [-0.25, -0.2) is 0 Å². The summed E-state index contributed by atoms with van der Waals surface area (Å²) in [6.45, 7) is 0.0119. The van der Waals surface area contributed by atoms with Crippen LogP contribution in [0.1, 0.15) is 15.9 Å². The minimum Gasteiger partial charge on any atom is -0.485 e. The Labute approximate surface area is 191 Å². The molecule has 0 atom stereocenters. The van der Waals surface area contributed by atoms with Gasteiger partial charge in [0.2, 0.25) is 5.91 Å². The van der Waals surface area contributed by atoms with Crippen LogP contribution in [0.3, 0.4) is 0 Å². The van der Waals surface area contributed by atoms with Crippen LogP contribution in [0.2, 0.25) is 0 Å². The van der Waals surface area contributed by atoms with Gasteiger partial charge in [-0.05, 0) is 42.3 Å². The first-order valence-electron chi connectivity index (χ1n) is 10.7. The van der Waals surface area contributed by atoms with E-state index in [0.29, 0.717) is 35.7 Å². The monoisotopic (exact) mass is 444 g/mol. The zero-order chi connectivity index (χ0) is 23.0.